The molecular weight excluding hydrogens is 628 g/mol. The lowest BCUT2D eigenvalue weighted by Gasteiger charge is -2.37. The molecule has 0 unspecified atom stereocenters. The molecule has 6 rings (SSSR count). The Morgan fingerprint density at radius 3 is 2.55 bits per heavy atom. The van der Waals surface area contributed by atoms with Crippen molar-refractivity contribution in [3.8, 4) is 11.5 Å². The Morgan fingerprint density at radius 1 is 0.975 bits per heavy atom. The molecule has 0 aromatic heterocycles. The summed E-state index contributed by atoms with van der Waals surface area (Å²) in [5, 5.41) is 3.83. The number of hydrogen-bond donors (Lipinski definition) is 1. The van der Waals surface area contributed by atoms with E-state index in [4.69, 9.17) is 14.5 Å². The standard InChI is InChI=1S/C34H30Br2N2O2/c1-21-6-15-31-29(16-21)27-4-3-5-28(27)33(38-31)24-9-13-26(14-10-24)37-19-23-17-30(36)34(32(18-23)39-2)40-20-22-7-11-25(35)12-8-22/h3-4,6-19,27-28,33,38H,5,20H2,1-2H3/t27-,28+,33-/m0/s1. The number of ether oxygens (including phenoxy) is 2. The topological polar surface area (TPSA) is 42.8 Å². The van der Waals surface area contributed by atoms with Crippen molar-refractivity contribution in [2.24, 2.45) is 10.9 Å². The van der Waals surface area contributed by atoms with E-state index in [9.17, 15) is 0 Å². The first-order valence-corrected chi connectivity index (χ1v) is 15.0. The van der Waals surface area contributed by atoms with E-state index in [1.807, 2.05) is 42.6 Å². The maximum atomic E-state index is 6.09. The quantitative estimate of drug-likeness (QED) is 0.159. The molecule has 1 heterocycles. The summed E-state index contributed by atoms with van der Waals surface area (Å²) in [7, 11) is 1.65. The smallest absolute Gasteiger partial charge is 0.175 e. The lowest BCUT2D eigenvalue weighted by atomic mass is 9.76. The van der Waals surface area contributed by atoms with Crippen molar-refractivity contribution in [3.05, 3.63) is 128 Å². The Hall–Kier alpha value is -3.35. The van der Waals surface area contributed by atoms with Crippen molar-refractivity contribution in [2.75, 3.05) is 12.4 Å². The first-order valence-electron chi connectivity index (χ1n) is 13.4. The predicted octanol–water partition coefficient (Wildman–Crippen LogP) is 9.68. The van der Waals surface area contributed by atoms with Gasteiger partial charge < -0.3 is 14.8 Å². The summed E-state index contributed by atoms with van der Waals surface area (Å²) in [5.74, 6) is 2.32. The second kappa shape index (κ2) is 11.6. The molecule has 0 saturated heterocycles. The number of anilines is 1. The van der Waals surface area contributed by atoms with Crippen molar-refractivity contribution in [2.45, 2.75) is 31.9 Å². The summed E-state index contributed by atoms with van der Waals surface area (Å²) >= 11 is 7.12. The Balaban J connectivity index is 1.16. The summed E-state index contributed by atoms with van der Waals surface area (Å²) in [6.07, 6.45) is 7.67. The second-order valence-corrected chi connectivity index (χ2v) is 12.1. The molecule has 1 aliphatic carbocycles. The highest BCUT2D eigenvalue weighted by molar-refractivity contribution is 9.10. The molecule has 4 nitrogen and oxygen atoms in total. The fourth-order valence-electron chi connectivity index (χ4n) is 5.65. The van der Waals surface area contributed by atoms with Crippen LogP contribution < -0.4 is 14.8 Å². The van der Waals surface area contributed by atoms with Crippen LogP contribution in [0.25, 0.3) is 0 Å². The minimum Gasteiger partial charge on any atom is -0.493 e. The van der Waals surface area contributed by atoms with Gasteiger partial charge in [-0.1, -0.05) is 70.0 Å². The van der Waals surface area contributed by atoms with Gasteiger partial charge >= 0.3 is 0 Å². The van der Waals surface area contributed by atoms with E-state index < -0.39 is 0 Å². The third kappa shape index (κ3) is 5.61. The molecule has 4 aromatic rings. The van der Waals surface area contributed by atoms with E-state index in [-0.39, 0.29) is 6.04 Å². The fraction of sp³-hybridized carbons (Fsp3) is 0.206. The van der Waals surface area contributed by atoms with Gasteiger partial charge in [-0.3, -0.25) is 4.99 Å². The molecule has 4 aromatic carbocycles. The highest BCUT2D eigenvalue weighted by Crippen LogP contribution is 2.50. The molecule has 1 N–H and O–H groups in total. The van der Waals surface area contributed by atoms with E-state index in [0.717, 1.165) is 32.2 Å². The number of benzene rings is 4. The van der Waals surface area contributed by atoms with Crippen LogP contribution in [0.3, 0.4) is 0 Å². The van der Waals surface area contributed by atoms with Gasteiger partial charge in [-0.15, -0.1) is 0 Å². The maximum Gasteiger partial charge on any atom is 0.175 e. The zero-order valence-corrected chi connectivity index (χ0v) is 25.6. The highest BCUT2D eigenvalue weighted by Gasteiger charge is 2.37. The molecule has 1 aliphatic heterocycles. The molecular formula is C34H30Br2N2O2. The Labute approximate surface area is 252 Å². The van der Waals surface area contributed by atoms with Gasteiger partial charge in [-0.25, -0.2) is 0 Å². The predicted molar refractivity (Wildman–Crippen MR) is 170 cm³/mol. The minimum atomic E-state index is 0.276. The molecule has 0 bridgehead atoms. The number of nitrogens with zero attached hydrogens (tertiary/aromatic N) is 1. The second-order valence-electron chi connectivity index (χ2n) is 10.4. The zero-order valence-electron chi connectivity index (χ0n) is 22.4. The fourth-order valence-corrected chi connectivity index (χ4v) is 6.49. The Bertz CT molecular complexity index is 1580. The van der Waals surface area contributed by atoms with E-state index in [2.05, 4.69) is 98.7 Å². The van der Waals surface area contributed by atoms with Gasteiger partial charge in [-0.2, -0.15) is 0 Å². The van der Waals surface area contributed by atoms with Gasteiger partial charge in [0.05, 0.1) is 23.3 Å². The molecule has 0 saturated carbocycles. The van der Waals surface area contributed by atoms with Gasteiger partial charge in [0.2, 0.25) is 0 Å². The first-order chi connectivity index (χ1) is 19.5. The third-order valence-electron chi connectivity index (χ3n) is 7.68. The van der Waals surface area contributed by atoms with Crippen LogP contribution in [0, 0.1) is 12.8 Å². The van der Waals surface area contributed by atoms with E-state index in [1.54, 1.807) is 7.11 Å². The highest BCUT2D eigenvalue weighted by atomic mass is 79.9. The third-order valence-corrected chi connectivity index (χ3v) is 8.80. The zero-order chi connectivity index (χ0) is 27.6. The summed E-state index contributed by atoms with van der Waals surface area (Å²) in [6, 6.07) is 27.6. The van der Waals surface area contributed by atoms with Crippen LogP contribution >= 0.6 is 31.9 Å². The van der Waals surface area contributed by atoms with Gasteiger partial charge in [0.25, 0.3) is 0 Å². The van der Waals surface area contributed by atoms with Gasteiger partial charge in [0.15, 0.2) is 11.5 Å². The van der Waals surface area contributed by atoms with Crippen molar-refractivity contribution in [3.63, 3.8) is 0 Å². The monoisotopic (exact) mass is 656 g/mol. The molecule has 6 heteroatoms. The van der Waals surface area contributed by atoms with E-state index >= 15 is 0 Å². The van der Waals surface area contributed by atoms with Crippen molar-refractivity contribution < 1.29 is 9.47 Å². The number of fused-ring (bicyclic) bond motifs is 3. The molecule has 3 atom stereocenters. The first kappa shape index (κ1) is 26.9. The van der Waals surface area contributed by atoms with Crippen LogP contribution in [0.5, 0.6) is 11.5 Å². The van der Waals surface area contributed by atoms with Crippen molar-refractivity contribution in [1.82, 2.24) is 0 Å². The van der Waals surface area contributed by atoms with Crippen LogP contribution in [0.4, 0.5) is 11.4 Å². The molecule has 0 fully saturated rings. The van der Waals surface area contributed by atoms with Crippen LogP contribution in [-0.2, 0) is 6.61 Å². The van der Waals surface area contributed by atoms with Crippen molar-refractivity contribution >= 4 is 49.4 Å². The van der Waals surface area contributed by atoms with Crippen LogP contribution in [0.1, 0.15) is 46.2 Å². The SMILES string of the molecule is COc1cc(C=Nc2ccc([C@@H]3Nc4ccc(C)cc4[C@H]4C=CC[C@H]43)cc2)cc(Br)c1OCc1ccc(Br)cc1. The average molecular weight is 658 g/mol. The number of aliphatic imine (C=N–C) groups is 1. The number of methoxy groups -OCH3 is 1. The van der Waals surface area contributed by atoms with Gasteiger partial charge in [0.1, 0.15) is 6.61 Å². The molecule has 0 radical (unpaired) electrons. The summed E-state index contributed by atoms with van der Waals surface area (Å²) in [5.41, 5.74) is 8.17. The van der Waals surface area contributed by atoms with Crippen LogP contribution in [-0.4, -0.2) is 13.3 Å². The number of aryl methyl sites for hydroxylation is 1. The van der Waals surface area contributed by atoms with Gasteiger partial charge in [0, 0.05) is 22.3 Å². The normalized spacial score (nSPS) is 19.2. The number of rotatable bonds is 7. The van der Waals surface area contributed by atoms with Crippen molar-refractivity contribution in [1.29, 1.82) is 0 Å². The van der Waals surface area contributed by atoms with E-state index in [1.165, 1.54) is 22.4 Å². The van der Waals surface area contributed by atoms with Crippen LogP contribution in [0.2, 0.25) is 0 Å². The number of halogens is 2. The largest absolute Gasteiger partial charge is 0.493 e. The molecule has 2 aliphatic rings. The number of allylic oxidation sites excluding steroid dienone is 2. The lowest BCUT2D eigenvalue weighted by Crippen LogP contribution is -2.29. The molecule has 0 spiro atoms. The summed E-state index contributed by atoms with van der Waals surface area (Å²) in [6.45, 7) is 2.61. The number of nitrogens with one attached hydrogen (secondary N) is 1. The minimum absolute atomic E-state index is 0.276. The summed E-state index contributed by atoms with van der Waals surface area (Å²) in [4.78, 5) is 4.74. The molecule has 202 valence electrons. The molecule has 40 heavy (non-hydrogen) atoms. The van der Waals surface area contributed by atoms with E-state index in [0.29, 0.717) is 29.9 Å². The maximum absolute atomic E-state index is 6.09. The Morgan fingerprint density at radius 2 is 1.77 bits per heavy atom. The number of hydrogen-bond acceptors (Lipinski definition) is 4. The molecule has 0 amide bonds. The summed E-state index contributed by atoms with van der Waals surface area (Å²) < 4.78 is 13.6. The average Bonchev–Trinajstić information content (AvgIpc) is 3.47. The Kier molecular flexibility index (Phi) is 7.81. The van der Waals surface area contributed by atoms with Gasteiger partial charge in [-0.05, 0) is 99.9 Å². The lowest BCUT2D eigenvalue weighted by molar-refractivity contribution is 0.282. The van der Waals surface area contributed by atoms with Crippen LogP contribution in [0.15, 0.2) is 105 Å².